The van der Waals surface area contributed by atoms with E-state index in [4.69, 9.17) is 0 Å². The highest BCUT2D eigenvalue weighted by Crippen LogP contribution is 2.40. The van der Waals surface area contributed by atoms with Gasteiger partial charge < -0.3 is 9.47 Å². The van der Waals surface area contributed by atoms with Crippen molar-refractivity contribution in [3.05, 3.63) is 88.2 Å². The number of benzene rings is 2. The number of hydrazone groups is 1. The summed E-state index contributed by atoms with van der Waals surface area (Å²) >= 11 is 0. The number of carbonyl (C=O) groups excluding carboxylic acids is 1. The lowest BCUT2D eigenvalue weighted by atomic mass is 9.87. The summed E-state index contributed by atoms with van der Waals surface area (Å²) in [4.78, 5) is 15.3. The van der Waals surface area contributed by atoms with Crippen molar-refractivity contribution >= 4 is 23.4 Å². The van der Waals surface area contributed by atoms with Crippen LogP contribution in [0.1, 0.15) is 72.6 Å². The molecule has 0 spiro atoms. The molecule has 35 heavy (non-hydrogen) atoms. The third-order valence-electron chi connectivity index (χ3n) is 6.82. The molecule has 1 amide bonds. The topological polar surface area (TPSA) is 49.6 Å². The highest BCUT2D eigenvalue weighted by molar-refractivity contribution is 5.96. The van der Waals surface area contributed by atoms with E-state index < -0.39 is 0 Å². The Bertz CT molecular complexity index is 1310. The number of anilines is 1. The van der Waals surface area contributed by atoms with Crippen molar-refractivity contribution in [2.24, 2.45) is 5.10 Å². The van der Waals surface area contributed by atoms with Crippen molar-refractivity contribution in [1.82, 2.24) is 9.99 Å². The van der Waals surface area contributed by atoms with Crippen LogP contribution < -0.4 is 10.3 Å². The van der Waals surface area contributed by atoms with Gasteiger partial charge in [0.2, 0.25) is 0 Å². The van der Waals surface area contributed by atoms with E-state index in [0.29, 0.717) is 5.56 Å². The molecule has 1 aliphatic heterocycles. The molecule has 2 heterocycles. The van der Waals surface area contributed by atoms with Crippen LogP contribution in [-0.2, 0) is 0 Å². The number of fused-ring (bicyclic) bond motifs is 1. The molecular weight excluding hydrogens is 432 g/mol. The fourth-order valence-electron chi connectivity index (χ4n) is 5.10. The molecule has 0 unspecified atom stereocenters. The maximum absolute atomic E-state index is 12.8. The van der Waals surface area contributed by atoms with Crippen LogP contribution in [0.4, 0.5) is 5.69 Å². The van der Waals surface area contributed by atoms with E-state index in [1.807, 2.05) is 24.3 Å². The van der Waals surface area contributed by atoms with Crippen LogP contribution >= 0.6 is 0 Å². The summed E-state index contributed by atoms with van der Waals surface area (Å²) in [5.74, 6) is -0.229. The highest BCUT2D eigenvalue weighted by Gasteiger charge is 2.31. The van der Waals surface area contributed by atoms with E-state index in [1.54, 1.807) is 6.21 Å². The Morgan fingerprint density at radius 1 is 1.03 bits per heavy atom. The van der Waals surface area contributed by atoms with Crippen LogP contribution in [0.3, 0.4) is 0 Å². The molecule has 0 aliphatic carbocycles. The average Bonchev–Trinajstić information content (AvgIpc) is 3.14. The standard InChI is InChI=1S/C30H36N4O/c1-8-14-33-28-15-20(2)25(17-27(28)21(3)18-30(33,6)7)19-31-32-29(35)24-10-9-11-26(16-24)34-22(4)12-13-23(34)5/h9-13,15-19H,8,14H2,1-7H3,(H,32,35)/b31-19-. The smallest absolute Gasteiger partial charge is 0.271 e. The average molecular weight is 469 g/mol. The molecule has 0 saturated heterocycles. The molecule has 3 aromatic rings. The van der Waals surface area contributed by atoms with Gasteiger partial charge in [0.25, 0.3) is 5.91 Å². The minimum absolute atomic E-state index is 0.0185. The molecule has 0 fully saturated rings. The first-order valence-electron chi connectivity index (χ1n) is 12.3. The Morgan fingerprint density at radius 2 is 1.74 bits per heavy atom. The van der Waals surface area contributed by atoms with Gasteiger partial charge in [-0.05, 0) is 107 Å². The minimum atomic E-state index is -0.229. The molecular formula is C30H36N4O. The predicted molar refractivity (Wildman–Crippen MR) is 147 cm³/mol. The second-order valence-electron chi connectivity index (χ2n) is 10.1. The lowest BCUT2D eigenvalue weighted by Gasteiger charge is -2.43. The second kappa shape index (κ2) is 9.57. The number of nitrogens with zero attached hydrogens (tertiary/aromatic N) is 3. The molecule has 0 saturated carbocycles. The zero-order valence-corrected chi connectivity index (χ0v) is 21.9. The fraction of sp³-hybridized carbons (Fsp3) is 0.333. The molecule has 4 rings (SSSR count). The summed E-state index contributed by atoms with van der Waals surface area (Å²) in [6.45, 7) is 16.1. The second-order valence-corrected chi connectivity index (χ2v) is 10.1. The van der Waals surface area contributed by atoms with Crippen molar-refractivity contribution in [2.75, 3.05) is 11.4 Å². The number of hydrogen-bond donors (Lipinski definition) is 1. The monoisotopic (exact) mass is 468 g/mol. The predicted octanol–water partition coefficient (Wildman–Crippen LogP) is 6.58. The third kappa shape index (κ3) is 4.81. The van der Waals surface area contributed by atoms with Gasteiger partial charge in [-0.3, -0.25) is 4.79 Å². The Balaban J connectivity index is 1.55. The lowest BCUT2D eigenvalue weighted by molar-refractivity contribution is 0.0955. The van der Waals surface area contributed by atoms with Crippen LogP contribution in [-0.4, -0.2) is 28.8 Å². The van der Waals surface area contributed by atoms with E-state index in [0.717, 1.165) is 41.2 Å². The highest BCUT2D eigenvalue weighted by atomic mass is 16.2. The fourth-order valence-corrected chi connectivity index (χ4v) is 5.10. The van der Waals surface area contributed by atoms with Crippen LogP contribution in [0.25, 0.3) is 11.3 Å². The van der Waals surface area contributed by atoms with E-state index in [9.17, 15) is 4.79 Å². The first-order valence-corrected chi connectivity index (χ1v) is 12.3. The summed E-state index contributed by atoms with van der Waals surface area (Å²) < 4.78 is 2.13. The maximum Gasteiger partial charge on any atom is 0.271 e. The van der Waals surface area contributed by atoms with Crippen molar-refractivity contribution in [3.63, 3.8) is 0 Å². The molecule has 1 N–H and O–H groups in total. The number of amides is 1. The molecule has 0 bridgehead atoms. The lowest BCUT2D eigenvalue weighted by Crippen LogP contribution is -2.45. The molecule has 0 atom stereocenters. The Hall–Kier alpha value is -3.60. The van der Waals surface area contributed by atoms with Gasteiger partial charge in [-0.15, -0.1) is 0 Å². The van der Waals surface area contributed by atoms with Crippen LogP contribution in [0, 0.1) is 20.8 Å². The summed E-state index contributed by atoms with van der Waals surface area (Å²) in [5, 5.41) is 4.30. The quantitative estimate of drug-likeness (QED) is 0.328. The van der Waals surface area contributed by atoms with Gasteiger partial charge in [0.15, 0.2) is 0 Å². The molecule has 1 aromatic heterocycles. The van der Waals surface area contributed by atoms with Gasteiger partial charge in [-0.1, -0.05) is 19.1 Å². The number of allylic oxidation sites excluding steroid dienone is 1. The third-order valence-corrected chi connectivity index (χ3v) is 6.82. The van der Waals surface area contributed by atoms with Gasteiger partial charge in [0, 0.05) is 40.4 Å². The number of rotatable bonds is 6. The number of aryl methyl sites for hydroxylation is 3. The van der Waals surface area contributed by atoms with Crippen LogP contribution in [0.15, 0.2) is 59.7 Å². The number of hydrogen-bond acceptors (Lipinski definition) is 3. The van der Waals surface area contributed by atoms with E-state index >= 15 is 0 Å². The van der Waals surface area contributed by atoms with E-state index in [-0.39, 0.29) is 11.4 Å². The van der Waals surface area contributed by atoms with Crippen LogP contribution in [0.2, 0.25) is 0 Å². The summed E-state index contributed by atoms with van der Waals surface area (Å²) in [6, 6.07) is 16.2. The van der Waals surface area contributed by atoms with Gasteiger partial charge >= 0.3 is 0 Å². The molecule has 2 aromatic carbocycles. The Morgan fingerprint density at radius 3 is 2.43 bits per heavy atom. The van der Waals surface area contributed by atoms with Crippen molar-refractivity contribution in [2.45, 2.75) is 60.4 Å². The van der Waals surface area contributed by atoms with E-state index in [1.165, 1.54) is 16.8 Å². The van der Waals surface area contributed by atoms with Crippen LogP contribution in [0.5, 0.6) is 0 Å². The largest absolute Gasteiger partial charge is 0.362 e. The number of carbonyl (C=O) groups is 1. The number of nitrogens with one attached hydrogen (secondary N) is 1. The van der Waals surface area contributed by atoms with Crippen molar-refractivity contribution in [3.8, 4) is 5.69 Å². The Kier molecular flexibility index (Phi) is 6.70. The maximum atomic E-state index is 12.8. The molecule has 1 aliphatic rings. The Labute approximate surface area is 209 Å². The minimum Gasteiger partial charge on any atom is -0.362 e. The first-order chi connectivity index (χ1) is 16.6. The van der Waals surface area contributed by atoms with Gasteiger partial charge in [0.05, 0.1) is 11.8 Å². The normalized spacial score (nSPS) is 14.7. The summed E-state index contributed by atoms with van der Waals surface area (Å²) in [7, 11) is 0. The van der Waals surface area contributed by atoms with Crippen molar-refractivity contribution in [1.29, 1.82) is 0 Å². The SMILES string of the molecule is CCCN1c2cc(C)c(/C=N\NC(=O)c3cccc(-n4c(C)ccc4C)c3)cc2C(C)=CC1(C)C. The first kappa shape index (κ1) is 24.5. The van der Waals surface area contributed by atoms with Crippen molar-refractivity contribution < 1.29 is 4.79 Å². The molecule has 182 valence electrons. The zero-order valence-electron chi connectivity index (χ0n) is 21.9. The number of aromatic nitrogens is 1. The summed E-state index contributed by atoms with van der Waals surface area (Å²) in [6.07, 6.45) is 5.17. The molecule has 5 nitrogen and oxygen atoms in total. The zero-order chi connectivity index (χ0) is 25.3. The van der Waals surface area contributed by atoms with E-state index in [2.05, 4.69) is 98.8 Å². The molecule has 5 heteroatoms. The summed E-state index contributed by atoms with van der Waals surface area (Å²) in [5.41, 5.74) is 12.4. The van der Waals surface area contributed by atoms with Gasteiger partial charge in [-0.25, -0.2) is 5.43 Å². The molecule has 0 radical (unpaired) electrons. The van der Waals surface area contributed by atoms with Gasteiger partial charge in [-0.2, -0.15) is 5.10 Å². The van der Waals surface area contributed by atoms with Gasteiger partial charge in [0.1, 0.15) is 0 Å².